The van der Waals surface area contributed by atoms with Crippen molar-refractivity contribution in [1.82, 2.24) is 9.78 Å². The number of aryl methyl sites for hydroxylation is 1. The van der Waals surface area contributed by atoms with Gasteiger partial charge in [0.25, 0.3) is 0 Å². The highest BCUT2D eigenvalue weighted by Gasteiger charge is 2.23. The standard InChI is InChI=1S/C12H15BrN2O2S/c1-3-5-15-10(9(17-2)7-14-15)11(16)12-8(13)4-6-18-12/h4,6-7,11,16H,3,5H2,1-2H3. The van der Waals surface area contributed by atoms with E-state index >= 15 is 0 Å². The van der Waals surface area contributed by atoms with Gasteiger partial charge >= 0.3 is 0 Å². The third kappa shape index (κ3) is 2.46. The zero-order valence-electron chi connectivity index (χ0n) is 10.3. The fourth-order valence-corrected chi connectivity index (χ4v) is 3.40. The number of rotatable bonds is 5. The molecule has 0 fully saturated rings. The highest BCUT2D eigenvalue weighted by molar-refractivity contribution is 9.10. The van der Waals surface area contributed by atoms with E-state index in [1.807, 2.05) is 11.4 Å². The van der Waals surface area contributed by atoms with Crippen LogP contribution < -0.4 is 4.74 Å². The Morgan fingerprint density at radius 1 is 1.61 bits per heavy atom. The van der Waals surface area contributed by atoms with Crippen LogP contribution in [0.5, 0.6) is 5.75 Å². The Kier molecular flexibility index (Phi) is 4.42. The lowest BCUT2D eigenvalue weighted by molar-refractivity contribution is 0.205. The van der Waals surface area contributed by atoms with Gasteiger partial charge in [-0.05, 0) is 33.8 Å². The number of thiophene rings is 1. The largest absolute Gasteiger partial charge is 0.493 e. The fraction of sp³-hybridized carbons (Fsp3) is 0.417. The van der Waals surface area contributed by atoms with Gasteiger partial charge < -0.3 is 9.84 Å². The van der Waals surface area contributed by atoms with Crippen LogP contribution in [-0.2, 0) is 6.54 Å². The molecule has 0 aliphatic rings. The number of nitrogens with zero attached hydrogens (tertiary/aromatic N) is 2. The summed E-state index contributed by atoms with van der Waals surface area (Å²) in [5.74, 6) is 0.622. The van der Waals surface area contributed by atoms with Crippen molar-refractivity contribution in [2.75, 3.05) is 7.11 Å². The fourth-order valence-electron chi connectivity index (χ4n) is 1.83. The first-order valence-electron chi connectivity index (χ1n) is 5.69. The maximum Gasteiger partial charge on any atom is 0.163 e. The predicted octanol–water partition coefficient (Wildman–Crippen LogP) is 3.21. The normalized spacial score (nSPS) is 12.7. The van der Waals surface area contributed by atoms with E-state index < -0.39 is 6.10 Å². The third-order valence-electron chi connectivity index (χ3n) is 2.65. The van der Waals surface area contributed by atoms with Crippen LogP contribution in [0, 0.1) is 0 Å². The van der Waals surface area contributed by atoms with Crippen LogP contribution in [0.4, 0.5) is 0 Å². The Morgan fingerprint density at radius 3 is 2.94 bits per heavy atom. The Bertz CT molecular complexity index is 524. The molecule has 0 radical (unpaired) electrons. The molecule has 2 heterocycles. The predicted molar refractivity (Wildman–Crippen MR) is 75.2 cm³/mol. The lowest BCUT2D eigenvalue weighted by atomic mass is 10.2. The van der Waals surface area contributed by atoms with E-state index in [-0.39, 0.29) is 0 Å². The van der Waals surface area contributed by atoms with Gasteiger partial charge in [0.15, 0.2) is 5.75 Å². The average molecular weight is 331 g/mol. The number of hydrogen-bond acceptors (Lipinski definition) is 4. The van der Waals surface area contributed by atoms with Gasteiger partial charge in [0.05, 0.1) is 18.2 Å². The molecule has 0 aliphatic carbocycles. The first-order chi connectivity index (χ1) is 8.69. The summed E-state index contributed by atoms with van der Waals surface area (Å²) < 4.78 is 7.99. The van der Waals surface area contributed by atoms with Gasteiger partial charge in [-0.15, -0.1) is 11.3 Å². The molecule has 6 heteroatoms. The first kappa shape index (κ1) is 13.6. The number of methoxy groups -OCH3 is 1. The quantitative estimate of drug-likeness (QED) is 0.915. The highest BCUT2D eigenvalue weighted by atomic mass is 79.9. The van der Waals surface area contributed by atoms with E-state index in [1.54, 1.807) is 18.0 Å². The second-order valence-corrected chi connectivity index (χ2v) is 5.66. The number of ether oxygens (including phenoxy) is 1. The molecule has 0 saturated carbocycles. The summed E-state index contributed by atoms with van der Waals surface area (Å²) in [6.45, 7) is 2.84. The molecule has 0 bridgehead atoms. The maximum atomic E-state index is 10.5. The summed E-state index contributed by atoms with van der Waals surface area (Å²) in [5, 5.41) is 16.7. The van der Waals surface area contributed by atoms with E-state index in [0.29, 0.717) is 11.4 Å². The third-order valence-corrected chi connectivity index (χ3v) is 4.58. The van der Waals surface area contributed by atoms with Crippen molar-refractivity contribution in [1.29, 1.82) is 0 Å². The van der Waals surface area contributed by atoms with Gasteiger partial charge in [-0.25, -0.2) is 0 Å². The monoisotopic (exact) mass is 330 g/mol. The van der Waals surface area contributed by atoms with Crippen LogP contribution >= 0.6 is 27.3 Å². The molecule has 1 unspecified atom stereocenters. The molecule has 0 saturated heterocycles. The number of halogens is 1. The van der Waals surface area contributed by atoms with Gasteiger partial charge in [-0.1, -0.05) is 6.92 Å². The summed E-state index contributed by atoms with van der Waals surface area (Å²) in [7, 11) is 1.59. The Labute approximate surface area is 118 Å². The second kappa shape index (κ2) is 5.86. The Balaban J connectivity index is 2.42. The minimum Gasteiger partial charge on any atom is -0.493 e. The Morgan fingerprint density at radius 2 is 2.39 bits per heavy atom. The molecule has 4 nitrogen and oxygen atoms in total. The van der Waals surface area contributed by atoms with Crippen LogP contribution in [0.3, 0.4) is 0 Å². The lowest BCUT2D eigenvalue weighted by Crippen LogP contribution is -2.10. The average Bonchev–Trinajstić information content (AvgIpc) is 2.95. The number of aromatic nitrogens is 2. The molecule has 1 atom stereocenters. The molecule has 1 N–H and O–H groups in total. The van der Waals surface area contributed by atoms with Crippen molar-refractivity contribution < 1.29 is 9.84 Å². The van der Waals surface area contributed by atoms with Crippen LogP contribution in [0.1, 0.15) is 30.0 Å². The molecule has 0 amide bonds. The maximum absolute atomic E-state index is 10.5. The van der Waals surface area contributed by atoms with E-state index in [1.165, 1.54) is 11.3 Å². The molecule has 18 heavy (non-hydrogen) atoms. The number of aliphatic hydroxyl groups is 1. The molecular weight excluding hydrogens is 316 g/mol. The van der Waals surface area contributed by atoms with Crippen molar-refractivity contribution in [2.24, 2.45) is 0 Å². The van der Waals surface area contributed by atoms with E-state index in [4.69, 9.17) is 4.74 Å². The minimum absolute atomic E-state index is 0.622. The van der Waals surface area contributed by atoms with Gasteiger partial charge in [0.2, 0.25) is 0 Å². The van der Waals surface area contributed by atoms with Gasteiger partial charge in [0, 0.05) is 11.0 Å². The van der Waals surface area contributed by atoms with Crippen LogP contribution in [0.25, 0.3) is 0 Å². The second-order valence-electron chi connectivity index (χ2n) is 3.86. The van der Waals surface area contributed by atoms with Crippen molar-refractivity contribution in [3.05, 3.63) is 32.7 Å². The zero-order chi connectivity index (χ0) is 13.1. The van der Waals surface area contributed by atoms with E-state index in [0.717, 1.165) is 22.3 Å². The zero-order valence-corrected chi connectivity index (χ0v) is 12.7. The summed E-state index contributed by atoms with van der Waals surface area (Å²) in [5.41, 5.74) is 0.711. The van der Waals surface area contributed by atoms with Crippen molar-refractivity contribution in [3.8, 4) is 5.75 Å². The van der Waals surface area contributed by atoms with Crippen molar-refractivity contribution in [2.45, 2.75) is 26.0 Å². The molecule has 0 aliphatic heterocycles. The van der Waals surface area contributed by atoms with Gasteiger partial charge in [0.1, 0.15) is 11.8 Å². The summed E-state index contributed by atoms with van der Waals surface area (Å²) >= 11 is 4.95. The van der Waals surface area contributed by atoms with Gasteiger partial charge in [-0.3, -0.25) is 4.68 Å². The molecule has 2 rings (SSSR count). The number of hydrogen-bond donors (Lipinski definition) is 1. The molecule has 0 aromatic carbocycles. The van der Waals surface area contributed by atoms with E-state index in [2.05, 4.69) is 28.0 Å². The number of aliphatic hydroxyl groups excluding tert-OH is 1. The van der Waals surface area contributed by atoms with E-state index in [9.17, 15) is 5.11 Å². The summed E-state index contributed by atoms with van der Waals surface area (Å²) in [4.78, 5) is 0.867. The lowest BCUT2D eigenvalue weighted by Gasteiger charge is -2.14. The molecule has 98 valence electrons. The highest BCUT2D eigenvalue weighted by Crippen LogP contribution is 2.36. The SMILES string of the molecule is CCCn1ncc(OC)c1C(O)c1sccc1Br. The molecule has 2 aromatic heterocycles. The molecular formula is C12H15BrN2O2S. The Hall–Kier alpha value is -0.850. The van der Waals surface area contributed by atoms with Crippen molar-refractivity contribution in [3.63, 3.8) is 0 Å². The van der Waals surface area contributed by atoms with Crippen molar-refractivity contribution >= 4 is 27.3 Å². The van der Waals surface area contributed by atoms with Crippen LogP contribution in [0.2, 0.25) is 0 Å². The minimum atomic E-state index is -0.719. The topological polar surface area (TPSA) is 47.3 Å². The van der Waals surface area contributed by atoms with Gasteiger partial charge in [-0.2, -0.15) is 5.10 Å². The first-order valence-corrected chi connectivity index (χ1v) is 7.37. The molecule has 2 aromatic rings. The van der Waals surface area contributed by atoms with Crippen LogP contribution in [-0.4, -0.2) is 22.0 Å². The summed E-state index contributed by atoms with van der Waals surface area (Å²) in [6.07, 6.45) is 1.88. The molecule has 0 spiro atoms. The smallest absolute Gasteiger partial charge is 0.163 e. The van der Waals surface area contributed by atoms with Crippen LogP contribution in [0.15, 0.2) is 22.1 Å². The summed E-state index contributed by atoms with van der Waals surface area (Å²) in [6, 6.07) is 1.93.